The van der Waals surface area contributed by atoms with Crippen molar-refractivity contribution >= 4 is 5.69 Å². The third kappa shape index (κ3) is 4.42. The summed E-state index contributed by atoms with van der Waals surface area (Å²) >= 11 is 0. The molecule has 3 aromatic rings. The van der Waals surface area contributed by atoms with Gasteiger partial charge in [0.2, 0.25) is 0 Å². The number of benzene rings is 2. The first-order valence-electron chi connectivity index (χ1n) is 11.0. The zero-order valence-electron chi connectivity index (χ0n) is 19.1. The number of aromatic nitrogens is 4. The number of ether oxygens (including phenoxy) is 1. The third-order valence-electron chi connectivity index (χ3n) is 6.07. The molecular weight excluding hydrogens is 388 g/mol. The van der Waals surface area contributed by atoms with Gasteiger partial charge >= 0.3 is 0 Å². The summed E-state index contributed by atoms with van der Waals surface area (Å²) in [6, 6.07) is 15.2. The molecule has 0 saturated carbocycles. The summed E-state index contributed by atoms with van der Waals surface area (Å²) < 4.78 is 7.30. The van der Waals surface area contributed by atoms with Crippen molar-refractivity contribution < 1.29 is 4.74 Å². The Morgan fingerprint density at radius 1 is 0.935 bits per heavy atom. The quantitative estimate of drug-likeness (QED) is 0.605. The van der Waals surface area contributed by atoms with E-state index in [0.717, 1.165) is 37.8 Å². The molecule has 0 aliphatic carbocycles. The third-order valence-corrected chi connectivity index (χ3v) is 6.07. The maximum absolute atomic E-state index is 5.37. The summed E-state index contributed by atoms with van der Waals surface area (Å²) in [6.45, 7) is 12.4. The van der Waals surface area contributed by atoms with Crippen LogP contribution in [0.2, 0.25) is 0 Å². The van der Waals surface area contributed by atoms with Crippen LogP contribution in [-0.2, 0) is 0 Å². The van der Waals surface area contributed by atoms with Crippen molar-refractivity contribution in [2.45, 2.75) is 39.8 Å². The lowest BCUT2D eigenvalue weighted by atomic mass is 10.0. The van der Waals surface area contributed by atoms with Gasteiger partial charge in [-0.25, -0.2) is 4.68 Å². The van der Waals surface area contributed by atoms with Crippen LogP contribution in [0.3, 0.4) is 0 Å². The molecule has 164 valence electrons. The molecule has 0 bridgehead atoms. The van der Waals surface area contributed by atoms with E-state index in [1.165, 1.54) is 22.4 Å². The largest absolute Gasteiger partial charge is 0.497 e. The topological polar surface area (TPSA) is 59.3 Å². The number of methoxy groups -OCH3 is 1. The van der Waals surface area contributed by atoms with E-state index in [1.807, 2.05) is 16.8 Å². The molecule has 1 aliphatic heterocycles. The van der Waals surface area contributed by atoms with E-state index in [1.54, 1.807) is 7.11 Å². The van der Waals surface area contributed by atoms with Gasteiger partial charge in [0.15, 0.2) is 5.82 Å². The monoisotopic (exact) mass is 420 g/mol. The van der Waals surface area contributed by atoms with Gasteiger partial charge in [-0.2, -0.15) is 0 Å². The van der Waals surface area contributed by atoms with Crippen LogP contribution in [0.25, 0.3) is 0 Å². The minimum absolute atomic E-state index is 0.00376. The number of anilines is 1. The number of nitrogens with zero attached hydrogens (tertiary/aromatic N) is 6. The highest BCUT2D eigenvalue weighted by Crippen LogP contribution is 2.32. The lowest BCUT2D eigenvalue weighted by Crippen LogP contribution is -2.48. The molecule has 1 fully saturated rings. The van der Waals surface area contributed by atoms with Crippen molar-refractivity contribution in [1.29, 1.82) is 0 Å². The normalized spacial score (nSPS) is 16.0. The molecule has 31 heavy (non-hydrogen) atoms. The SMILES string of the molecule is COc1ccc([C@@H](c2nnnn2C(C)C)N2CCN(c3cc(C)ccc3C)CC2)cc1. The molecule has 0 unspecified atom stereocenters. The van der Waals surface area contributed by atoms with E-state index in [9.17, 15) is 0 Å². The summed E-state index contributed by atoms with van der Waals surface area (Å²) in [7, 11) is 1.69. The maximum atomic E-state index is 5.37. The molecule has 0 N–H and O–H groups in total. The molecule has 0 spiro atoms. The van der Waals surface area contributed by atoms with E-state index in [-0.39, 0.29) is 12.1 Å². The van der Waals surface area contributed by atoms with Gasteiger partial charge in [-0.15, -0.1) is 5.10 Å². The number of rotatable bonds is 6. The van der Waals surface area contributed by atoms with Crippen LogP contribution in [0.4, 0.5) is 5.69 Å². The van der Waals surface area contributed by atoms with E-state index in [4.69, 9.17) is 4.74 Å². The minimum Gasteiger partial charge on any atom is -0.497 e. The molecule has 7 nitrogen and oxygen atoms in total. The zero-order chi connectivity index (χ0) is 22.0. The van der Waals surface area contributed by atoms with Crippen LogP contribution in [0.15, 0.2) is 42.5 Å². The number of piperazine rings is 1. The molecule has 1 aliphatic rings. The number of hydrogen-bond donors (Lipinski definition) is 0. The highest BCUT2D eigenvalue weighted by atomic mass is 16.5. The molecule has 4 rings (SSSR count). The van der Waals surface area contributed by atoms with Crippen molar-refractivity contribution in [2.75, 3.05) is 38.2 Å². The van der Waals surface area contributed by atoms with E-state index >= 15 is 0 Å². The Bertz CT molecular complexity index is 1010. The van der Waals surface area contributed by atoms with Gasteiger partial charge < -0.3 is 9.64 Å². The molecular formula is C24H32N6O. The summed E-state index contributed by atoms with van der Waals surface area (Å²) in [5, 5.41) is 12.7. The number of hydrogen-bond acceptors (Lipinski definition) is 6. The van der Waals surface area contributed by atoms with Crippen molar-refractivity contribution in [3.05, 3.63) is 65.0 Å². The second-order valence-corrected chi connectivity index (χ2v) is 8.56. The van der Waals surface area contributed by atoms with Gasteiger partial charge in [0.25, 0.3) is 0 Å². The second-order valence-electron chi connectivity index (χ2n) is 8.56. The molecule has 1 atom stereocenters. The lowest BCUT2D eigenvalue weighted by Gasteiger charge is -2.40. The first-order chi connectivity index (χ1) is 15.0. The highest BCUT2D eigenvalue weighted by Gasteiger charge is 2.31. The predicted octanol–water partition coefficient (Wildman–Crippen LogP) is 3.79. The van der Waals surface area contributed by atoms with Crippen LogP contribution < -0.4 is 9.64 Å². The first-order valence-corrected chi connectivity index (χ1v) is 11.0. The van der Waals surface area contributed by atoms with Gasteiger partial charge in [0, 0.05) is 31.9 Å². The number of tetrazole rings is 1. The average Bonchev–Trinajstić information content (AvgIpc) is 3.26. The molecule has 1 saturated heterocycles. The van der Waals surface area contributed by atoms with Gasteiger partial charge in [0.1, 0.15) is 5.75 Å². The number of aryl methyl sites for hydroxylation is 2. The Balaban J connectivity index is 1.62. The molecule has 2 heterocycles. The van der Waals surface area contributed by atoms with Crippen LogP contribution in [0.1, 0.15) is 48.4 Å². The summed E-state index contributed by atoms with van der Waals surface area (Å²) in [5.74, 6) is 1.74. The highest BCUT2D eigenvalue weighted by molar-refractivity contribution is 5.55. The summed E-state index contributed by atoms with van der Waals surface area (Å²) in [6.07, 6.45) is 0. The van der Waals surface area contributed by atoms with Crippen LogP contribution in [-0.4, -0.2) is 58.4 Å². The maximum Gasteiger partial charge on any atom is 0.173 e. The van der Waals surface area contributed by atoms with Gasteiger partial charge in [-0.3, -0.25) is 4.90 Å². The first kappa shape index (κ1) is 21.3. The Hall–Kier alpha value is -2.93. The van der Waals surface area contributed by atoms with Crippen molar-refractivity contribution in [1.82, 2.24) is 25.1 Å². The summed E-state index contributed by atoms with van der Waals surface area (Å²) in [4.78, 5) is 4.99. The minimum atomic E-state index is 0.00376. The van der Waals surface area contributed by atoms with Crippen molar-refractivity contribution in [3.8, 4) is 5.75 Å². The van der Waals surface area contributed by atoms with Crippen molar-refractivity contribution in [2.24, 2.45) is 0 Å². The van der Waals surface area contributed by atoms with Gasteiger partial charge in [-0.1, -0.05) is 24.3 Å². The van der Waals surface area contributed by atoms with E-state index < -0.39 is 0 Å². The standard InChI is InChI=1S/C24H32N6O/c1-17(2)30-24(25-26-27-30)23(20-8-10-21(31-5)11-9-20)29-14-12-28(13-15-29)22-16-18(3)6-7-19(22)4/h6-11,16-17,23H,12-15H2,1-5H3/t23-/m0/s1. The Morgan fingerprint density at radius 2 is 1.65 bits per heavy atom. The van der Waals surface area contributed by atoms with Crippen LogP contribution in [0, 0.1) is 13.8 Å². The fourth-order valence-corrected chi connectivity index (χ4v) is 4.34. The smallest absolute Gasteiger partial charge is 0.173 e. The van der Waals surface area contributed by atoms with Crippen molar-refractivity contribution in [3.63, 3.8) is 0 Å². The fourth-order valence-electron chi connectivity index (χ4n) is 4.34. The van der Waals surface area contributed by atoms with Crippen LogP contribution >= 0.6 is 0 Å². The zero-order valence-corrected chi connectivity index (χ0v) is 19.1. The molecule has 0 amide bonds. The summed E-state index contributed by atoms with van der Waals surface area (Å²) in [5.41, 5.74) is 5.15. The van der Waals surface area contributed by atoms with Crippen LogP contribution in [0.5, 0.6) is 5.75 Å². The predicted molar refractivity (Wildman–Crippen MR) is 123 cm³/mol. The average molecular weight is 421 g/mol. The Morgan fingerprint density at radius 3 is 2.29 bits per heavy atom. The fraction of sp³-hybridized carbons (Fsp3) is 0.458. The molecule has 2 aromatic carbocycles. The Kier molecular flexibility index (Phi) is 6.23. The van der Waals surface area contributed by atoms with E-state index in [2.05, 4.69) is 83.4 Å². The Labute approximate surface area is 184 Å². The van der Waals surface area contributed by atoms with E-state index in [0.29, 0.717) is 0 Å². The van der Waals surface area contributed by atoms with Gasteiger partial charge in [-0.05, 0) is 73.0 Å². The van der Waals surface area contributed by atoms with Gasteiger partial charge in [0.05, 0.1) is 19.2 Å². The molecule has 0 radical (unpaired) electrons. The lowest BCUT2D eigenvalue weighted by molar-refractivity contribution is 0.199. The second kappa shape index (κ2) is 9.06. The molecule has 1 aromatic heterocycles. The molecule has 7 heteroatoms.